The predicted octanol–water partition coefficient (Wildman–Crippen LogP) is 1.25. The zero-order valence-corrected chi connectivity index (χ0v) is 14.2. The zero-order valence-electron chi connectivity index (χ0n) is 13.4. The molecular formula is C15H21NO6S. The lowest BCUT2D eigenvalue weighted by Crippen LogP contribution is -2.46. The highest BCUT2D eigenvalue weighted by atomic mass is 32.2. The van der Waals surface area contributed by atoms with E-state index in [9.17, 15) is 13.2 Å². The molecule has 0 radical (unpaired) electrons. The van der Waals surface area contributed by atoms with Gasteiger partial charge in [0.1, 0.15) is 6.04 Å². The molecule has 2 rings (SSSR count). The Morgan fingerprint density at radius 1 is 1.26 bits per heavy atom. The number of methoxy groups -OCH3 is 2. The summed E-state index contributed by atoms with van der Waals surface area (Å²) in [7, 11) is -0.911. The molecule has 1 heterocycles. The van der Waals surface area contributed by atoms with Gasteiger partial charge in [0.2, 0.25) is 10.0 Å². The normalized spacial score (nSPS) is 18.8. The molecule has 1 aromatic rings. The minimum absolute atomic E-state index is 0.0905. The Hall–Kier alpha value is -1.80. The highest BCUT2D eigenvalue weighted by Gasteiger charge is 2.35. The molecule has 0 saturated heterocycles. The summed E-state index contributed by atoms with van der Waals surface area (Å²) in [4.78, 5) is 12.1. The van der Waals surface area contributed by atoms with E-state index in [2.05, 4.69) is 4.72 Å². The standard InChI is InChI=1S/C15H21NO6S/c1-4-5-6-22-15(17)11-7-10-8-12(20-2)13(21-3)9-14(10)23(18,19)16-11/h8-9,11,16H,4-7H2,1-3H3. The monoisotopic (exact) mass is 343 g/mol. The van der Waals surface area contributed by atoms with Crippen molar-refractivity contribution in [3.8, 4) is 11.5 Å². The molecule has 1 atom stereocenters. The van der Waals surface area contributed by atoms with Crippen molar-refractivity contribution >= 4 is 16.0 Å². The third kappa shape index (κ3) is 3.76. The lowest BCUT2D eigenvalue weighted by Gasteiger charge is -2.25. The van der Waals surface area contributed by atoms with Crippen molar-refractivity contribution in [2.45, 2.75) is 37.1 Å². The maximum Gasteiger partial charge on any atom is 0.324 e. The Bertz CT molecular complexity index is 685. The van der Waals surface area contributed by atoms with Gasteiger partial charge in [0.15, 0.2) is 11.5 Å². The smallest absolute Gasteiger partial charge is 0.324 e. The molecule has 1 aliphatic rings. The zero-order chi connectivity index (χ0) is 17.0. The molecule has 1 N–H and O–H groups in total. The van der Waals surface area contributed by atoms with E-state index in [0.29, 0.717) is 17.1 Å². The van der Waals surface area contributed by atoms with E-state index in [1.807, 2.05) is 6.92 Å². The number of sulfonamides is 1. The van der Waals surface area contributed by atoms with Crippen LogP contribution in [0.1, 0.15) is 25.3 Å². The molecule has 0 aromatic heterocycles. The summed E-state index contributed by atoms with van der Waals surface area (Å²) < 4.78 is 42.5. The van der Waals surface area contributed by atoms with Crippen LogP contribution in [0.2, 0.25) is 0 Å². The Balaban J connectivity index is 2.30. The van der Waals surface area contributed by atoms with E-state index in [-0.39, 0.29) is 17.9 Å². The highest BCUT2D eigenvalue weighted by Crippen LogP contribution is 2.35. The van der Waals surface area contributed by atoms with Gasteiger partial charge in [-0.05, 0) is 18.1 Å². The number of carbonyl (C=O) groups is 1. The van der Waals surface area contributed by atoms with Gasteiger partial charge in [-0.3, -0.25) is 4.79 Å². The first kappa shape index (κ1) is 17.6. The number of carbonyl (C=O) groups excluding carboxylic acids is 1. The van der Waals surface area contributed by atoms with Crippen LogP contribution >= 0.6 is 0 Å². The fourth-order valence-corrected chi connectivity index (χ4v) is 3.80. The van der Waals surface area contributed by atoms with Gasteiger partial charge in [-0.15, -0.1) is 0 Å². The first-order valence-electron chi connectivity index (χ1n) is 7.36. The predicted molar refractivity (Wildman–Crippen MR) is 83.2 cm³/mol. The molecule has 7 nitrogen and oxygen atoms in total. The second-order valence-electron chi connectivity index (χ2n) is 5.21. The van der Waals surface area contributed by atoms with Crippen molar-refractivity contribution in [2.75, 3.05) is 20.8 Å². The van der Waals surface area contributed by atoms with Gasteiger partial charge in [0.05, 0.1) is 25.7 Å². The van der Waals surface area contributed by atoms with Crippen LogP contribution in [0.5, 0.6) is 11.5 Å². The van der Waals surface area contributed by atoms with Crippen molar-refractivity contribution in [3.05, 3.63) is 17.7 Å². The summed E-state index contributed by atoms with van der Waals surface area (Å²) in [5, 5.41) is 0. The van der Waals surface area contributed by atoms with Gasteiger partial charge >= 0.3 is 5.97 Å². The third-order valence-corrected chi connectivity index (χ3v) is 5.16. The van der Waals surface area contributed by atoms with Crippen LogP contribution in [0.3, 0.4) is 0 Å². The van der Waals surface area contributed by atoms with E-state index in [4.69, 9.17) is 14.2 Å². The van der Waals surface area contributed by atoms with Gasteiger partial charge in [-0.2, -0.15) is 4.72 Å². The molecule has 0 bridgehead atoms. The number of nitrogens with one attached hydrogen (secondary N) is 1. The number of fused-ring (bicyclic) bond motifs is 1. The van der Waals surface area contributed by atoms with Crippen molar-refractivity contribution in [1.82, 2.24) is 4.72 Å². The van der Waals surface area contributed by atoms with Crippen LogP contribution in [0, 0.1) is 0 Å². The summed E-state index contributed by atoms with van der Waals surface area (Å²) in [5.41, 5.74) is 0.499. The van der Waals surface area contributed by atoms with Crippen molar-refractivity contribution in [1.29, 1.82) is 0 Å². The number of unbranched alkanes of at least 4 members (excludes halogenated alkanes) is 1. The minimum Gasteiger partial charge on any atom is -0.493 e. The molecule has 0 spiro atoms. The second-order valence-corrected chi connectivity index (χ2v) is 6.90. The first-order chi connectivity index (χ1) is 10.9. The second kappa shape index (κ2) is 7.18. The molecule has 1 aromatic carbocycles. The number of hydrogen-bond donors (Lipinski definition) is 1. The molecular weight excluding hydrogens is 322 g/mol. The van der Waals surface area contributed by atoms with Crippen LogP contribution in [-0.4, -0.2) is 41.3 Å². The number of benzene rings is 1. The van der Waals surface area contributed by atoms with Crippen LogP contribution < -0.4 is 14.2 Å². The topological polar surface area (TPSA) is 90.9 Å². The SMILES string of the molecule is CCCCOC(=O)C1Cc2cc(OC)c(OC)cc2S(=O)(=O)N1. The van der Waals surface area contributed by atoms with E-state index < -0.39 is 22.0 Å². The first-order valence-corrected chi connectivity index (χ1v) is 8.85. The summed E-state index contributed by atoms with van der Waals surface area (Å²) in [6.45, 7) is 2.26. The number of hydrogen-bond acceptors (Lipinski definition) is 6. The molecule has 0 amide bonds. The third-order valence-electron chi connectivity index (χ3n) is 3.60. The van der Waals surface area contributed by atoms with Crippen LogP contribution in [0.25, 0.3) is 0 Å². The lowest BCUT2D eigenvalue weighted by molar-refractivity contribution is -0.145. The largest absolute Gasteiger partial charge is 0.493 e. The van der Waals surface area contributed by atoms with Crippen LogP contribution in [-0.2, 0) is 26.0 Å². The molecule has 0 fully saturated rings. The molecule has 23 heavy (non-hydrogen) atoms. The number of esters is 1. The summed E-state index contributed by atoms with van der Waals surface area (Å²) in [5.74, 6) is 0.171. The minimum atomic E-state index is -3.81. The molecule has 128 valence electrons. The van der Waals surface area contributed by atoms with Crippen molar-refractivity contribution in [3.63, 3.8) is 0 Å². The Kier molecular flexibility index (Phi) is 5.48. The maximum atomic E-state index is 12.4. The number of rotatable bonds is 6. The van der Waals surface area contributed by atoms with Gasteiger partial charge < -0.3 is 14.2 Å². The highest BCUT2D eigenvalue weighted by molar-refractivity contribution is 7.89. The maximum absolute atomic E-state index is 12.4. The molecule has 0 saturated carbocycles. The fraction of sp³-hybridized carbons (Fsp3) is 0.533. The summed E-state index contributed by atoms with van der Waals surface area (Å²) in [6, 6.07) is 2.05. The Morgan fingerprint density at radius 2 is 1.91 bits per heavy atom. The van der Waals surface area contributed by atoms with E-state index >= 15 is 0 Å². The van der Waals surface area contributed by atoms with Gasteiger partial charge in [-0.1, -0.05) is 13.3 Å². The average molecular weight is 343 g/mol. The van der Waals surface area contributed by atoms with Gasteiger partial charge in [0, 0.05) is 12.5 Å². The molecule has 1 unspecified atom stereocenters. The van der Waals surface area contributed by atoms with Gasteiger partial charge in [0.25, 0.3) is 0 Å². The summed E-state index contributed by atoms with van der Waals surface area (Å²) in [6.07, 6.45) is 1.84. The quantitative estimate of drug-likeness (QED) is 0.617. The molecule has 8 heteroatoms. The van der Waals surface area contributed by atoms with E-state index in [1.165, 1.54) is 20.3 Å². The van der Waals surface area contributed by atoms with Gasteiger partial charge in [-0.25, -0.2) is 8.42 Å². The van der Waals surface area contributed by atoms with Crippen molar-refractivity contribution < 1.29 is 27.4 Å². The lowest BCUT2D eigenvalue weighted by atomic mass is 10.1. The Labute approximate surface area is 136 Å². The Morgan fingerprint density at radius 3 is 2.52 bits per heavy atom. The molecule has 1 aliphatic heterocycles. The molecule has 0 aliphatic carbocycles. The summed E-state index contributed by atoms with van der Waals surface area (Å²) >= 11 is 0. The van der Waals surface area contributed by atoms with E-state index in [0.717, 1.165) is 12.8 Å². The van der Waals surface area contributed by atoms with Crippen molar-refractivity contribution in [2.24, 2.45) is 0 Å². The average Bonchev–Trinajstić information content (AvgIpc) is 2.53. The van der Waals surface area contributed by atoms with E-state index in [1.54, 1.807) is 6.07 Å². The van der Waals surface area contributed by atoms with Crippen LogP contribution in [0.15, 0.2) is 17.0 Å². The van der Waals surface area contributed by atoms with Crippen LogP contribution in [0.4, 0.5) is 0 Å². The number of ether oxygens (including phenoxy) is 3. The fourth-order valence-electron chi connectivity index (χ4n) is 2.37.